The van der Waals surface area contributed by atoms with E-state index in [-0.39, 0.29) is 0 Å². The maximum absolute atomic E-state index is 6.04. The summed E-state index contributed by atoms with van der Waals surface area (Å²) >= 11 is 6.04. The lowest BCUT2D eigenvalue weighted by molar-refractivity contribution is 0.417. The first-order valence-electron chi connectivity index (χ1n) is 6.60. The Morgan fingerprint density at radius 1 is 1.29 bits per heavy atom. The van der Waals surface area contributed by atoms with Crippen LogP contribution in [0.1, 0.15) is 18.9 Å². The molecule has 0 unspecified atom stereocenters. The van der Waals surface area contributed by atoms with Gasteiger partial charge in [-0.3, -0.25) is 0 Å². The van der Waals surface area contributed by atoms with Gasteiger partial charge >= 0.3 is 0 Å². The number of aromatic nitrogens is 2. The molecule has 0 saturated carbocycles. The fourth-order valence-electron chi connectivity index (χ4n) is 2.04. The van der Waals surface area contributed by atoms with Crippen molar-refractivity contribution in [1.29, 1.82) is 0 Å². The summed E-state index contributed by atoms with van der Waals surface area (Å²) < 4.78 is 5.32. The Hall–Kier alpha value is -2.05. The average Bonchev–Trinajstić information content (AvgIpc) is 2.49. The molecular formula is C14H18ClN5O. The van der Waals surface area contributed by atoms with Gasteiger partial charge < -0.3 is 15.5 Å². The molecule has 0 aliphatic rings. The van der Waals surface area contributed by atoms with E-state index in [1.807, 2.05) is 0 Å². The van der Waals surface area contributed by atoms with Gasteiger partial charge in [-0.2, -0.15) is 0 Å². The Bertz CT molecular complexity index is 620. The van der Waals surface area contributed by atoms with Crippen LogP contribution in [0, 0.1) is 0 Å². The molecule has 1 heterocycles. The molecule has 0 radical (unpaired) electrons. The number of rotatable bonds is 6. The minimum Gasteiger partial charge on any atom is -0.495 e. The Morgan fingerprint density at radius 3 is 2.71 bits per heavy atom. The predicted molar refractivity (Wildman–Crippen MR) is 85.1 cm³/mol. The van der Waals surface area contributed by atoms with E-state index in [0.29, 0.717) is 22.4 Å². The third-order valence-corrected chi connectivity index (χ3v) is 3.23. The molecule has 0 aliphatic heterocycles. The number of nitrogens with zero attached hydrogens (tertiary/aromatic N) is 2. The van der Waals surface area contributed by atoms with Crippen LogP contribution in [-0.2, 0) is 6.42 Å². The smallest absolute Gasteiger partial charge is 0.148 e. The van der Waals surface area contributed by atoms with Gasteiger partial charge in [0.05, 0.1) is 12.8 Å². The molecule has 0 spiro atoms. The molecule has 4 N–H and O–H groups in total. The van der Waals surface area contributed by atoms with E-state index < -0.39 is 0 Å². The second-order valence-electron chi connectivity index (χ2n) is 4.41. The normalized spacial score (nSPS) is 10.3. The van der Waals surface area contributed by atoms with E-state index in [1.54, 1.807) is 25.3 Å². The molecule has 0 fully saturated rings. The third kappa shape index (κ3) is 3.53. The minimum atomic E-state index is 0.607. The number of benzene rings is 1. The number of nitrogen functional groups attached to an aromatic ring is 1. The first-order chi connectivity index (χ1) is 10.2. The van der Waals surface area contributed by atoms with E-state index >= 15 is 0 Å². The Morgan fingerprint density at radius 2 is 2.05 bits per heavy atom. The van der Waals surface area contributed by atoms with E-state index in [1.165, 1.54) is 6.33 Å². The number of nitrogens with two attached hydrogens (primary N) is 1. The van der Waals surface area contributed by atoms with E-state index in [2.05, 4.69) is 27.6 Å². The lowest BCUT2D eigenvalue weighted by Crippen LogP contribution is -2.13. The molecule has 2 rings (SSSR count). The van der Waals surface area contributed by atoms with Crippen molar-refractivity contribution in [3.63, 3.8) is 0 Å². The lowest BCUT2D eigenvalue weighted by atomic mass is 10.1. The van der Waals surface area contributed by atoms with E-state index in [4.69, 9.17) is 22.2 Å². The molecule has 6 nitrogen and oxygen atoms in total. The molecule has 0 aliphatic carbocycles. The number of nitrogens with one attached hydrogen (secondary N) is 2. The SMILES string of the molecule is CCCc1c(NN)ncnc1Nc1cc(Cl)ccc1OC. The number of methoxy groups -OCH3 is 1. The van der Waals surface area contributed by atoms with Crippen molar-refractivity contribution >= 4 is 28.9 Å². The van der Waals surface area contributed by atoms with Crippen LogP contribution in [0.25, 0.3) is 0 Å². The van der Waals surface area contributed by atoms with Crippen LogP contribution in [0.2, 0.25) is 5.02 Å². The molecular weight excluding hydrogens is 290 g/mol. The van der Waals surface area contributed by atoms with Gasteiger partial charge in [0.2, 0.25) is 0 Å². The number of halogens is 1. The van der Waals surface area contributed by atoms with Crippen LogP contribution in [0.15, 0.2) is 24.5 Å². The van der Waals surface area contributed by atoms with E-state index in [9.17, 15) is 0 Å². The summed E-state index contributed by atoms with van der Waals surface area (Å²) in [4.78, 5) is 8.42. The maximum Gasteiger partial charge on any atom is 0.148 e. The summed E-state index contributed by atoms with van der Waals surface area (Å²) in [5.74, 6) is 7.48. The third-order valence-electron chi connectivity index (χ3n) is 3.00. The summed E-state index contributed by atoms with van der Waals surface area (Å²) in [7, 11) is 1.61. The van der Waals surface area contributed by atoms with E-state index in [0.717, 1.165) is 24.1 Å². The van der Waals surface area contributed by atoms with Crippen LogP contribution < -0.4 is 21.3 Å². The fourth-order valence-corrected chi connectivity index (χ4v) is 2.21. The molecule has 2 aromatic rings. The van der Waals surface area contributed by atoms with Crippen molar-refractivity contribution < 1.29 is 4.74 Å². The number of ether oxygens (including phenoxy) is 1. The minimum absolute atomic E-state index is 0.607. The summed E-state index contributed by atoms with van der Waals surface area (Å²) in [6.45, 7) is 2.08. The molecule has 1 aromatic heterocycles. The second kappa shape index (κ2) is 7.10. The first kappa shape index (κ1) is 15.3. The Kier molecular flexibility index (Phi) is 5.19. The van der Waals surface area contributed by atoms with Crippen molar-refractivity contribution in [1.82, 2.24) is 9.97 Å². The lowest BCUT2D eigenvalue weighted by Gasteiger charge is -2.15. The second-order valence-corrected chi connectivity index (χ2v) is 4.85. The molecule has 0 atom stereocenters. The number of hydrogen-bond acceptors (Lipinski definition) is 6. The Labute approximate surface area is 128 Å². The quantitative estimate of drug-likeness (QED) is 0.561. The molecule has 112 valence electrons. The topological polar surface area (TPSA) is 85.1 Å². The van der Waals surface area contributed by atoms with Crippen molar-refractivity contribution in [2.75, 3.05) is 17.9 Å². The number of hydrogen-bond donors (Lipinski definition) is 3. The summed E-state index contributed by atoms with van der Waals surface area (Å²) in [5.41, 5.74) is 4.26. The molecule has 7 heteroatoms. The van der Waals surface area contributed by atoms with Gasteiger partial charge in [-0.1, -0.05) is 24.9 Å². The highest BCUT2D eigenvalue weighted by Crippen LogP contribution is 2.32. The highest BCUT2D eigenvalue weighted by Gasteiger charge is 2.12. The van der Waals surface area contributed by atoms with Crippen LogP contribution in [-0.4, -0.2) is 17.1 Å². The Balaban J connectivity index is 2.41. The zero-order chi connectivity index (χ0) is 15.2. The average molecular weight is 308 g/mol. The molecule has 1 aromatic carbocycles. The van der Waals surface area contributed by atoms with Crippen LogP contribution in [0.3, 0.4) is 0 Å². The van der Waals surface area contributed by atoms with Gasteiger partial charge in [0.1, 0.15) is 23.7 Å². The fraction of sp³-hybridized carbons (Fsp3) is 0.286. The monoisotopic (exact) mass is 307 g/mol. The van der Waals surface area contributed by atoms with Crippen LogP contribution in [0.4, 0.5) is 17.3 Å². The zero-order valence-corrected chi connectivity index (χ0v) is 12.7. The molecule has 0 amide bonds. The zero-order valence-electron chi connectivity index (χ0n) is 12.0. The predicted octanol–water partition coefficient (Wildman–Crippen LogP) is 3.12. The molecule has 0 bridgehead atoms. The van der Waals surface area contributed by atoms with Crippen molar-refractivity contribution in [2.24, 2.45) is 5.84 Å². The van der Waals surface area contributed by atoms with Crippen molar-refractivity contribution in [3.05, 3.63) is 35.1 Å². The largest absolute Gasteiger partial charge is 0.495 e. The summed E-state index contributed by atoms with van der Waals surface area (Å²) in [6.07, 6.45) is 3.20. The van der Waals surface area contributed by atoms with Crippen LogP contribution >= 0.6 is 11.6 Å². The van der Waals surface area contributed by atoms with Gasteiger partial charge in [0.25, 0.3) is 0 Å². The van der Waals surface area contributed by atoms with Gasteiger partial charge in [-0.15, -0.1) is 0 Å². The first-order valence-corrected chi connectivity index (χ1v) is 6.98. The van der Waals surface area contributed by atoms with Gasteiger partial charge in [-0.25, -0.2) is 15.8 Å². The molecule has 21 heavy (non-hydrogen) atoms. The van der Waals surface area contributed by atoms with Gasteiger partial charge in [0.15, 0.2) is 0 Å². The maximum atomic E-state index is 6.04. The number of hydrazine groups is 1. The highest BCUT2D eigenvalue weighted by atomic mass is 35.5. The summed E-state index contributed by atoms with van der Waals surface area (Å²) in [5, 5.41) is 3.85. The standard InChI is InChI=1S/C14H18ClN5O/c1-3-4-10-13(17-8-18-14(10)20-16)19-11-7-9(15)5-6-12(11)21-2/h5-8H,3-4,16H2,1-2H3,(H2,17,18,19,20). The highest BCUT2D eigenvalue weighted by molar-refractivity contribution is 6.31. The number of anilines is 3. The van der Waals surface area contributed by atoms with Crippen molar-refractivity contribution in [2.45, 2.75) is 19.8 Å². The molecule has 0 saturated heterocycles. The van der Waals surface area contributed by atoms with Gasteiger partial charge in [0, 0.05) is 10.6 Å². The van der Waals surface area contributed by atoms with Crippen molar-refractivity contribution in [3.8, 4) is 5.75 Å². The van der Waals surface area contributed by atoms with Crippen LogP contribution in [0.5, 0.6) is 5.75 Å². The summed E-state index contributed by atoms with van der Waals surface area (Å²) in [6, 6.07) is 5.35. The van der Waals surface area contributed by atoms with Gasteiger partial charge in [-0.05, 0) is 24.6 Å².